The first-order chi connectivity index (χ1) is 18.2. The third-order valence-electron chi connectivity index (χ3n) is 5.85. The Hall–Kier alpha value is -4.17. The number of benzene rings is 3. The lowest BCUT2D eigenvalue weighted by molar-refractivity contribution is 0.306. The Morgan fingerprint density at radius 1 is 0.865 bits per heavy atom. The molecule has 188 valence electrons. The molecule has 0 bridgehead atoms. The van der Waals surface area contributed by atoms with Crippen molar-refractivity contribution in [3.8, 4) is 5.75 Å². The minimum Gasteiger partial charge on any atom is -0.489 e. The zero-order valence-corrected chi connectivity index (χ0v) is 21.1. The Kier molecular flexibility index (Phi) is 8.07. The number of halogens is 1. The van der Waals surface area contributed by atoms with Crippen LogP contribution in [0.25, 0.3) is 0 Å². The highest BCUT2D eigenvalue weighted by molar-refractivity contribution is 6.30. The van der Waals surface area contributed by atoms with Gasteiger partial charge in [0.25, 0.3) is 0 Å². The van der Waals surface area contributed by atoms with Gasteiger partial charge in [-0.25, -0.2) is 5.43 Å². The molecule has 1 aliphatic heterocycles. The van der Waals surface area contributed by atoms with Crippen molar-refractivity contribution in [2.45, 2.75) is 25.9 Å². The van der Waals surface area contributed by atoms with Gasteiger partial charge in [0, 0.05) is 23.8 Å². The second-order valence-electron chi connectivity index (χ2n) is 8.68. The standard InChI is InChI=1S/C28H28ClN7O/c29-23-14-12-21(13-15-23)20-37-25-11-7-8-22(18-25)19-30-35-27-32-26(31-24-9-3-1-4-10-24)33-28(34-27)36-16-5-2-6-17-36/h1,3-4,7-15,18-19H,2,5-6,16-17,20H2,(H2,31,32,33,34,35)/b30-19-. The fraction of sp³-hybridized carbons (Fsp3) is 0.214. The maximum atomic E-state index is 5.96. The van der Waals surface area contributed by atoms with Crippen LogP contribution in [-0.2, 0) is 6.61 Å². The van der Waals surface area contributed by atoms with E-state index in [-0.39, 0.29) is 0 Å². The summed E-state index contributed by atoms with van der Waals surface area (Å²) in [6.45, 7) is 2.32. The number of piperidine rings is 1. The van der Waals surface area contributed by atoms with Crippen LogP contribution in [0, 0.1) is 0 Å². The van der Waals surface area contributed by atoms with Crippen LogP contribution >= 0.6 is 11.6 Å². The third-order valence-corrected chi connectivity index (χ3v) is 6.10. The Morgan fingerprint density at radius 3 is 2.46 bits per heavy atom. The number of rotatable bonds is 9. The highest BCUT2D eigenvalue weighted by Gasteiger charge is 2.16. The molecule has 9 heteroatoms. The lowest BCUT2D eigenvalue weighted by Crippen LogP contribution is -2.31. The van der Waals surface area contributed by atoms with Gasteiger partial charge in [0.1, 0.15) is 12.4 Å². The summed E-state index contributed by atoms with van der Waals surface area (Å²) in [6, 6.07) is 25.2. The molecular weight excluding hydrogens is 486 g/mol. The number of anilines is 4. The minimum atomic E-state index is 0.375. The molecule has 5 rings (SSSR count). The molecule has 0 unspecified atom stereocenters. The number of hydrogen-bond acceptors (Lipinski definition) is 8. The minimum absolute atomic E-state index is 0.375. The molecule has 1 aliphatic rings. The Balaban J connectivity index is 1.27. The topological polar surface area (TPSA) is 87.6 Å². The summed E-state index contributed by atoms with van der Waals surface area (Å²) >= 11 is 5.96. The average Bonchev–Trinajstić information content (AvgIpc) is 2.94. The predicted molar refractivity (Wildman–Crippen MR) is 149 cm³/mol. The molecule has 2 heterocycles. The summed E-state index contributed by atoms with van der Waals surface area (Å²) in [5.41, 5.74) is 5.80. The van der Waals surface area contributed by atoms with Gasteiger partial charge in [0.2, 0.25) is 17.8 Å². The first kappa shape index (κ1) is 24.5. The van der Waals surface area contributed by atoms with Gasteiger partial charge < -0.3 is 15.0 Å². The third kappa shape index (κ3) is 7.17. The van der Waals surface area contributed by atoms with E-state index in [1.807, 2.05) is 78.9 Å². The zero-order valence-electron chi connectivity index (χ0n) is 20.3. The van der Waals surface area contributed by atoms with Gasteiger partial charge in [-0.15, -0.1) is 0 Å². The van der Waals surface area contributed by atoms with E-state index in [1.165, 1.54) is 6.42 Å². The molecule has 0 amide bonds. The van der Waals surface area contributed by atoms with Gasteiger partial charge in [0.05, 0.1) is 6.21 Å². The SMILES string of the molecule is Clc1ccc(COc2cccc(/C=N\Nc3nc(Nc4ccccc4)nc(N4CCCCC4)n3)c2)cc1. The van der Waals surface area contributed by atoms with Crippen LogP contribution in [0.5, 0.6) is 5.75 Å². The zero-order chi connectivity index (χ0) is 25.3. The number of nitrogens with zero attached hydrogens (tertiary/aromatic N) is 5. The Labute approximate surface area is 221 Å². The summed E-state index contributed by atoms with van der Waals surface area (Å²) in [6.07, 6.45) is 5.20. The Bertz CT molecular complexity index is 1330. The molecule has 0 atom stereocenters. The van der Waals surface area contributed by atoms with E-state index < -0.39 is 0 Å². The monoisotopic (exact) mass is 513 g/mol. The van der Waals surface area contributed by atoms with Gasteiger partial charge in [-0.1, -0.05) is 54.1 Å². The highest BCUT2D eigenvalue weighted by Crippen LogP contribution is 2.21. The average molecular weight is 514 g/mol. The molecule has 1 saturated heterocycles. The molecule has 0 aliphatic carbocycles. The van der Waals surface area contributed by atoms with Crippen LogP contribution in [-0.4, -0.2) is 34.3 Å². The second-order valence-corrected chi connectivity index (χ2v) is 9.12. The van der Waals surface area contributed by atoms with E-state index in [0.29, 0.717) is 29.5 Å². The van der Waals surface area contributed by atoms with Crippen molar-refractivity contribution in [1.82, 2.24) is 15.0 Å². The lowest BCUT2D eigenvalue weighted by atomic mass is 10.1. The molecule has 8 nitrogen and oxygen atoms in total. The summed E-state index contributed by atoms with van der Waals surface area (Å²) in [7, 11) is 0. The largest absolute Gasteiger partial charge is 0.489 e. The summed E-state index contributed by atoms with van der Waals surface area (Å²) in [4.78, 5) is 16.0. The Morgan fingerprint density at radius 2 is 1.65 bits per heavy atom. The molecule has 0 radical (unpaired) electrons. The number of aromatic nitrogens is 3. The van der Waals surface area contributed by atoms with E-state index in [4.69, 9.17) is 16.3 Å². The fourth-order valence-electron chi connectivity index (χ4n) is 3.95. The van der Waals surface area contributed by atoms with Gasteiger partial charge in [-0.05, 0) is 66.8 Å². The number of ether oxygens (including phenoxy) is 1. The molecule has 0 spiro atoms. The summed E-state index contributed by atoms with van der Waals surface area (Å²) in [5, 5.41) is 8.34. The smallest absolute Gasteiger partial charge is 0.250 e. The number of hydrazone groups is 1. The van der Waals surface area contributed by atoms with E-state index in [9.17, 15) is 0 Å². The molecule has 1 aromatic heterocycles. The fourth-order valence-corrected chi connectivity index (χ4v) is 4.08. The van der Waals surface area contributed by atoms with Crippen molar-refractivity contribution in [2.75, 3.05) is 28.7 Å². The summed E-state index contributed by atoms with van der Waals surface area (Å²) in [5.74, 6) is 2.24. The van der Waals surface area contributed by atoms with Gasteiger partial charge >= 0.3 is 0 Å². The van der Waals surface area contributed by atoms with Gasteiger partial charge in [0.15, 0.2) is 0 Å². The van der Waals surface area contributed by atoms with Crippen LogP contribution in [0.1, 0.15) is 30.4 Å². The van der Waals surface area contributed by atoms with Crippen LogP contribution in [0.15, 0.2) is 84.0 Å². The highest BCUT2D eigenvalue weighted by atomic mass is 35.5. The number of nitrogens with one attached hydrogen (secondary N) is 2. The maximum absolute atomic E-state index is 5.96. The van der Waals surface area contributed by atoms with Crippen molar-refractivity contribution >= 4 is 41.3 Å². The van der Waals surface area contributed by atoms with Crippen molar-refractivity contribution < 1.29 is 4.74 Å². The molecule has 37 heavy (non-hydrogen) atoms. The van der Waals surface area contributed by atoms with Crippen molar-refractivity contribution in [3.63, 3.8) is 0 Å². The molecule has 0 saturated carbocycles. The first-order valence-electron chi connectivity index (χ1n) is 12.3. The van der Waals surface area contributed by atoms with Crippen LogP contribution in [0.4, 0.5) is 23.5 Å². The van der Waals surface area contributed by atoms with Crippen molar-refractivity contribution in [3.05, 3.63) is 95.0 Å². The number of para-hydroxylation sites is 1. The predicted octanol–water partition coefficient (Wildman–Crippen LogP) is 6.28. The van der Waals surface area contributed by atoms with E-state index in [1.54, 1.807) is 6.21 Å². The van der Waals surface area contributed by atoms with E-state index in [2.05, 4.69) is 35.7 Å². The van der Waals surface area contributed by atoms with Gasteiger partial charge in [-0.2, -0.15) is 20.1 Å². The first-order valence-corrected chi connectivity index (χ1v) is 12.7. The molecule has 4 aromatic rings. The van der Waals surface area contributed by atoms with Crippen LogP contribution in [0.2, 0.25) is 5.02 Å². The summed E-state index contributed by atoms with van der Waals surface area (Å²) < 4.78 is 5.92. The molecule has 3 aromatic carbocycles. The molecule has 1 fully saturated rings. The van der Waals surface area contributed by atoms with Crippen molar-refractivity contribution in [2.24, 2.45) is 5.10 Å². The molecule has 2 N–H and O–H groups in total. The van der Waals surface area contributed by atoms with Gasteiger partial charge in [-0.3, -0.25) is 0 Å². The maximum Gasteiger partial charge on any atom is 0.250 e. The van der Waals surface area contributed by atoms with E-state index >= 15 is 0 Å². The number of hydrogen-bond donors (Lipinski definition) is 2. The lowest BCUT2D eigenvalue weighted by Gasteiger charge is -2.26. The van der Waals surface area contributed by atoms with Crippen LogP contribution in [0.3, 0.4) is 0 Å². The van der Waals surface area contributed by atoms with Crippen molar-refractivity contribution in [1.29, 1.82) is 0 Å². The molecular formula is C28H28ClN7O. The normalized spacial score (nSPS) is 13.5. The van der Waals surface area contributed by atoms with Crippen LogP contribution < -0.4 is 20.4 Å². The quantitative estimate of drug-likeness (QED) is 0.201. The van der Waals surface area contributed by atoms with E-state index in [0.717, 1.165) is 48.5 Å². The second kappa shape index (κ2) is 12.2.